The van der Waals surface area contributed by atoms with E-state index in [0.717, 1.165) is 0 Å². The number of ether oxygens (including phenoxy) is 6. The Labute approximate surface area is 179 Å². The van der Waals surface area contributed by atoms with Crippen LogP contribution in [-0.2, 0) is 6.54 Å². The Morgan fingerprint density at radius 3 is 1.77 bits per heavy atom. The molecule has 166 valence electrons. The second-order valence-electron chi connectivity index (χ2n) is 6.50. The zero-order valence-corrected chi connectivity index (χ0v) is 18.4. The van der Waals surface area contributed by atoms with Crippen molar-refractivity contribution in [2.45, 2.75) is 6.54 Å². The van der Waals surface area contributed by atoms with Crippen LogP contribution in [0.2, 0.25) is 0 Å². The molecule has 3 aromatic rings. The lowest BCUT2D eigenvalue weighted by molar-refractivity contribution is 0.324. The van der Waals surface area contributed by atoms with Gasteiger partial charge in [-0.3, -0.25) is 4.79 Å². The summed E-state index contributed by atoms with van der Waals surface area (Å²) in [5.41, 5.74) is 1.55. The summed E-state index contributed by atoms with van der Waals surface area (Å²) >= 11 is 0. The summed E-state index contributed by atoms with van der Waals surface area (Å²) in [5, 5.41) is 3.92. The molecule has 9 nitrogen and oxygen atoms in total. The van der Waals surface area contributed by atoms with Crippen LogP contribution in [0.1, 0.15) is 5.56 Å². The maximum atomic E-state index is 12.7. The van der Waals surface area contributed by atoms with E-state index in [4.69, 9.17) is 28.4 Å². The van der Waals surface area contributed by atoms with Gasteiger partial charge in [-0.05, 0) is 6.07 Å². The van der Waals surface area contributed by atoms with E-state index in [-0.39, 0.29) is 12.1 Å². The van der Waals surface area contributed by atoms with Gasteiger partial charge in [0.05, 0.1) is 48.2 Å². The second kappa shape index (κ2) is 9.38. The predicted octanol–water partition coefficient (Wildman–Crippen LogP) is 3.19. The maximum Gasteiger partial charge on any atom is 0.253 e. The largest absolute Gasteiger partial charge is 0.493 e. The van der Waals surface area contributed by atoms with Gasteiger partial charge >= 0.3 is 0 Å². The molecule has 0 aliphatic carbocycles. The van der Waals surface area contributed by atoms with Crippen LogP contribution < -0.4 is 39.3 Å². The molecular formula is C22H26N2O7. The number of anilines is 1. The molecule has 0 radical (unpaired) electrons. The number of hydrogen-bond donors (Lipinski definition) is 2. The van der Waals surface area contributed by atoms with Crippen molar-refractivity contribution in [2.75, 3.05) is 48.0 Å². The van der Waals surface area contributed by atoms with E-state index in [1.165, 1.54) is 21.3 Å². The van der Waals surface area contributed by atoms with Crippen LogP contribution in [0.4, 0.5) is 5.69 Å². The van der Waals surface area contributed by atoms with E-state index in [2.05, 4.69) is 10.3 Å². The van der Waals surface area contributed by atoms with Gasteiger partial charge in [-0.1, -0.05) is 0 Å². The van der Waals surface area contributed by atoms with Gasteiger partial charge in [0.25, 0.3) is 5.56 Å². The number of rotatable bonds is 9. The minimum atomic E-state index is -0.235. The number of hydrogen-bond acceptors (Lipinski definition) is 8. The fourth-order valence-electron chi connectivity index (χ4n) is 3.38. The van der Waals surface area contributed by atoms with Crippen LogP contribution in [-0.4, -0.2) is 47.6 Å². The van der Waals surface area contributed by atoms with E-state index in [9.17, 15) is 4.79 Å². The quantitative estimate of drug-likeness (QED) is 0.534. The topological polar surface area (TPSA) is 100 Å². The van der Waals surface area contributed by atoms with E-state index in [1.54, 1.807) is 45.6 Å². The second-order valence-corrected chi connectivity index (χ2v) is 6.50. The van der Waals surface area contributed by atoms with Crippen molar-refractivity contribution in [1.29, 1.82) is 0 Å². The maximum absolute atomic E-state index is 12.7. The Bertz CT molecular complexity index is 1120. The molecule has 1 heterocycles. The lowest BCUT2D eigenvalue weighted by Gasteiger charge is -2.16. The zero-order valence-electron chi connectivity index (χ0n) is 18.4. The molecule has 0 amide bonds. The van der Waals surface area contributed by atoms with E-state index in [0.29, 0.717) is 56.7 Å². The van der Waals surface area contributed by atoms with Crippen molar-refractivity contribution < 1.29 is 28.4 Å². The lowest BCUT2D eigenvalue weighted by atomic mass is 10.1. The molecule has 0 unspecified atom stereocenters. The summed E-state index contributed by atoms with van der Waals surface area (Å²) in [7, 11) is 9.22. The highest BCUT2D eigenvalue weighted by atomic mass is 16.5. The SMILES string of the molecule is COc1cc(NCc2cc3c(OC)c(OC)c(OC)cc3[nH]c2=O)cc(OC)c1OC. The monoisotopic (exact) mass is 430 g/mol. The van der Waals surface area contributed by atoms with Gasteiger partial charge in [0, 0.05) is 41.4 Å². The van der Waals surface area contributed by atoms with Crippen molar-refractivity contribution >= 4 is 16.6 Å². The van der Waals surface area contributed by atoms with Crippen LogP contribution >= 0.6 is 0 Å². The smallest absolute Gasteiger partial charge is 0.253 e. The number of nitrogens with one attached hydrogen (secondary N) is 2. The lowest BCUT2D eigenvalue weighted by Crippen LogP contribution is -2.16. The van der Waals surface area contributed by atoms with Crippen molar-refractivity contribution in [3.63, 3.8) is 0 Å². The normalized spacial score (nSPS) is 10.5. The first-order valence-electron chi connectivity index (χ1n) is 9.39. The highest BCUT2D eigenvalue weighted by Crippen LogP contribution is 2.43. The standard InChI is InChI=1S/C22H26N2O7/c1-26-16-8-13(9-17(27-2)20(16)30-5)23-11-12-7-14-15(24-22(12)25)10-18(28-3)21(31-6)19(14)29-4/h7-10,23H,11H2,1-6H3,(H,24,25). The molecule has 1 aromatic heterocycles. The Kier molecular flexibility index (Phi) is 6.64. The summed E-state index contributed by atoms with van der Waals surface area (Å²) in [6, 6.07) is 7.00. The van der Waals surface area contributed by atoms with Crippen LogP contribution in [0, 0.1) is 0 Å². The molecule has 0 spiro atoms. The zero-order chi connectivity index (χ0) is 22.5. The highest BCUT2D eigenvalue weighted by molar-refractivity contribution is 5.90. The first-order valence-corrected chi connectivity index (χ1v) is 9.39. The Hall–Kier alpha value is -3.75. The summed E-state index contributed by atoms with van der Waals surface area (Å²) in [4.78, 5) is 15.6. The summed E-state index contributed by atoms with van der Waals surface area (Å²) in [6.45, 7) is 0.251. The van der Waals surface area contributed by atoms with Gasteiger partial charge in [-0.25, -0.2) is 0 Å². The molecule has 0 aliphatic rings. The molecule has 9 heteroatoms. The summed E-state index contributed by atoms with van der Waals surface area (Å²) in [6.07, 6.45) is 0. The first kappa shape index (κ1) is 21.9. The summed E-state index contributed by atoms with van der Waals surface area (Å²) < 4.78 is 32.4. The predicted molar refractivity (Wildman–Crippen MR) is 118 cm³/mol. The molecule has 31 heavy (non-hydrogen) atoms. The molecular weight excluding hydrogens is 404 g/mol. The van der Waals surface area contributed by atoms with Crippen LogP contribution in [0.5, 0.6) is 34.5 Å². The van der Waals surface area contributed by atoms with Gasteiger partial charge < -0.3 is 38.7 Å². The molecule has 0 aliphatic heterocycles. The number of aromatic amines is 1. The minimum absolute atomic E-state index is 0.235. The molecule has 0 bridgehead atoms. The number of methoxy groups -OCH3 is 6. The fourth-order valence-corrected chi connectivity index (χ4v) is 3.38. The van der Waals surface area contributed by atoms with E-state index >= 15 is 0 Å². The molecule has 0 saturated carbocycles. The highest BCUT2D eigenvalue weighted by Gasteiger charge is 2.18. The van der Waals surface area contributed by atoms with Gasteiger partial charge in [0.1, 0.15) is 0 Å². The molecule has 3 rings (SSSR count). The third-order valence-electron chi connectivity index (χ3n) is 4.87. The number of fused-ring (bicyclic) bond motifs is 1. The van der Waals surface area contributed by atoms with Crippen LogP contribution in [0.3, 0.4) is 0 Å². The summed E-state index contributed by atoms with van der Waals surface area (Å²) in [5.74, 6) is 2.90. The van der Waals surface area contributed by atoms with Crippen molar-refractivity contribution in [2.24, 2.45) is 0 Å². The third-order valence-corrected chi connectivity index (χ3v) is 4.87. The van der Waals surface area contributed by atoms with Crippen molar-refractivity contribution in [3.8, 4) is 34.5 Å². The first-order chi connectivity index (χ1) is 15.0. The van der Waals surface area contributed by atoms with Gasteiger partial charge in [-0.2, -0.15) is 0 Å². The van der Waals surface area contributed by atoms with Crippen LogP contribution in [0.25, 0.3) is 10.9 Å². The molecule has 2 aromatic carbocycles. The number of pyridine rings is 1. The number of benzene rings is 2. The Balaban J connectivity index is 2.01. The molecule has 0 fully saturated rings. The van der Waals surface area contributed by atoms with Gasteiger partial charge in [-0.15, -0.1) is 0 Å². The average Bonchev–Trinajstić information content (AvgIpc) is 2.80. The average molecular weight is 430 g/mol. The van der Waals surface area contributed by atoms with Crippen molar-refractivity contribution in [1.82, 2.24) is 4.98 Å². The number of aromatic nitrogens is 1. The Morgan fingerprint density at radius 1 is 0.710 bits per heavy atom. The molecule has 0 saturated heterocycles. The fraction of sp³-hybridized carbons (Fsp3) is 0.318. The van der Waals surface area contributed by atoms with E-state index in [1.807, 2.05) is 0 Å². The minimum Gasteiger partial charge on any atom is -0.493 e. The van der Waals surface area contributed by atoms with Gasteiger partial charge in [0.15, 0.2) is 23.0 Å². The third kappa shape index (κ3) is 4.11. The van der Waals surface area contributed by atoms with Gasteiger partial charge in [0.2, 0.25) is 11.5 Å². The Morgan fingerprint density at radius 2 is 1.26 bits per heavy atom. The van der Waals surface area contributed by atoms with Crippen molar-refractivity contribution in [3.05, 3.63) is 40.2 Å². The van der Waals surface area contributed by atoms with Crippen LogP contribution in [0.15, 0.2) is 29.1 Å². The van der Waals surface area contributed by atoms with E-state index < -0.39 is 0 Å². The number of H-pyrrole nitrogens is 1. The molecule has 2 N–H and O–H groups in total. The molecule has 0 atom stereocenters.